The number of carbonyl (C=O) groups is 1. The number of aliphatic imine (C=N–C) groups is 1. The van der Waals surface area contributed by atoms with Crippen molar-refractivity contribution in [3.05, 3.63) is 71.3 Å². The highest BCUT2D eigenvalue weighted by atomic mass is 16.4. The van der Waals surface area contributed by atoms with E-state index < -0.39 is 12.0 Å². The molecule has 1 aromatic carbocycles. The van der Waals surface area contributed by atoms with Crippen LogP contribution in [0, 0.1) is 0 Å². The van der Waals surface area contributed by atoms with Gasteiger partial charge >= 0.3 is 5.97 Å². The molecule has 0 bridgehead atoms. The zero-order valence-electron chi connectivity index (χ0n) is 13.1. The zero-order valence-corrected chi connectivity index (χ0v) is 13.1. The van der Waals surface area contributed by atoms with Crippen LogP contribution in [0.15, 0.2) is 69.4 Å². The Kier molecular flexibility index (Phi) is 4.02. The minimum Gasteiger partial charge on any atom is -0.478 e. The van der Waals surface area contributed by atoms with E-state index in [1.807, 2.05) is 55.1 Å². The van der Waals surface area contributed by atoms with Gasteiger partial charge < -0.3 is 14.4 Å². The predicted octanol–water partition coefficient (Wildman–Crippen LogP) is 3.46. The van der Waals surface area contributed by atoms with Gasteiger partial charge in [-0.2, -0.15) is 0 Å². The fraction of sp³-hybridized carbons (Fsp3) is 0.222. The molecule has 0 aliphatic carbocycles. The molecule has 0 saturated carbocycles. The zero-order chi connectivity index (χ0) is 16.4. The summed E-state index contributed by atoms with van der Waals surface area (Å²) in [5, 5.41) is 9.69. The first kappa shape index (κ1) is 15.1. The summed E-state index contributed by atoms with van der Waals surface area (Å²) in [6, 6.07) is 12.6. The minimum absolute atomic E-state index is 0.299. The number of carboxylic acids is 1. The average Bonchev–Trinajstić information content (AvgIpc) is 3.08. The predicted molar refractivity (Wildman–Crippen MR) is 87.1 cm³/mol. The van der Waals surface area contributed by atoms with Gasteiger partial charge in [0.1, 0.15) is 6.04 Å². The molecule has 118 valence electrons. The fourth-order valence-electron chi connectivity index (χ4n) is 2.90. The summed E-state index contributed by atoms with van der Waals surface area (Å²) < 4.78 is 5.49. The third-order valence-corrected chi connectivity index (χ3v) is 3.98. The van der Waals surface area contributed by atoms with Gasteiger partial charge in [-0.25, -0.2) is 4.79 Å². The summed E-state index contributed by atoms with van der Waals surface area (Å²) in [6.45, 7) is 4.40. The number of hydrogen-bond acceptors (Lipinski definition) is 4. The molecule has 1 aliphatic heterocycles. The number of hydrogen-bond donors (Lipinski definition) is 1. The lowest BCUT2D eigenvalue weighted by Gasteiger charge is -2.33. The van der Waals surface area contributed by atoms with Gasteiger partial charge in [-0.3, -0.25) is 4.99 Å². The van der Waals surface area contributed by atoms with Crippen molar-refractivity contribution in [2.45, 2.75) is 19.9 Å². The van der Waals surface area contributed by atoms with Gasteiger partial charge in [0.25, 0.3) is 0 Å². The Morgan fingerprint density at radius 2 is 2.00 bits per heavy atom. The molecule has 2 aromatic rings. The monoisotopic (exact) mass is 310 g/mol. The SMILES string of the molecule is CCN1C(c2ccco2)=NC(c2ccccc2)C(C(=O)O)=C1C. The van der Waals surface area contributed by atoms with E-state index in [1.165, 1.54) is 0 Å². The smallest absolute Gasteiger partial charge is 0.335 e. The van der Waals surface area contributed by atoms with Crippen molar-refractivity contribution < 1.29 is 14.3 Å². The molecule has 5 heteroatoms. The van der Waals surface area contributed by atoms with E-state index in [-0.39, 0.29) is 0 Å². The first-order valence-corrected chi connectivity index (χ1v) is 7.51. The standard InChI is InChI=1S/C18H18N2O3/c1-3-20-12(2)15(18(21)22)16(13-8-5-4-6-9-13)19-17(20)14-10-7-11-23-14/h4-11,16H,3H2,1-2H3,(H,21,22). The fourth-order valence-corrected chi connectivity index (χ4v) is 2.90. The molecular weight excluding hydrogens is 292 g/mol. The molecule has 0 saturated heterocycles. The van der Waals surface area contributed by atoms with Gasteiger partial charge in [0.15, 0.2) is 11.6 Å². The summed E-state index contributed by atoms with van der Waals surface area (Å²) in [7, 11) is 0. The van der Waals surface area contributed by atoms with Gasteiger partial charge in [-0.05, 0) is 31.5 Å². The normalized spacial score (nSPS) is 18.1. The molecule has 2 heterocycles. The van der Waals surface area contributed by atoms with Crippen molar-refractivity contribution in [3.63, 3.8) is 0 Å². The molecular formula is C18H18N2O3. The van der Waals surface area contributed by atoms with Gasteiger partial charge in [0, 0.05) is 12.2 Å². The number of aliphatic carboxylic acids is 1. The van der Waals surface area contributed by atoms with E-state index in [9.17, 15) is 9.90 Å². The summed E-state index contributed by atoms with van der Waals surface area (Å²) in [4.78, 5) is 18.4. The van der Waals surface area contributed by atoms with Crippen molar-refractivity contribution >= 4 is 11.8 Å². The van der Waals surface area contributed by atoms with Crippen LogP contribution in [0.3, 0.4) is 0 Å². The Morgan fingerprint density at radius 1 is 1.26 bits per heavy atom. The van der Waals surface area contributed by atoms with Crippen molar-refractivity contribution in [1.29, 1.82) is 0 Å². The van der Waals surface area contributed by atoms with Crippen LogP contribution in [0.5, 0.6) is 0 Å². The highest BCUT2D eigenvalue weighted by molar-refractivity contribution is 6.01. The van der Waals surface area contributed by atoms with Crippen LogP contribution >= 0.6 is 0 Å². The van der Waals surface area contributed by atoms with Crippen LogP contribution in [0.2, 0.25) is 0 Å². The topological polar surface area (TPSA) is 66.0 Å². The number of amidine groups is 1. The summed E-state index contributed by atoms with van der Waals surface area (Å²) in [5.41, 5.74) is 1.84. The Balaban J connectivity index is 2.17. The van der Waals surface area contributed by atoms with Gasteiger partial charge in [-0.1, -0.05) is 30.3 Å². The van der Waals surface area contributed by atoms with Gasteiger partial charge in [-0.15, -0.1) is 0 Å². The highest BCUT2D eigenvalue weighted by Crippen LogP contribution is 2.35. The van der Waals surface area contributed by atoms with Crippen LogP contribution in [-0.4, -0.2) is 28.4 Å². The first-order valence-electron chi connectivity index (χ1n) is 7.51. The van der Waals surface area contributed by atoms with Crippen molar-refractivity contribution in [2.75, 3.05) is 6.54 Å². The summed E-state index contributed by atoms with van der Waals surface area (Å²) in [5.74, 6) is 0.350. The average molecular weight is 310 g/mol. The van der Waals surface area contributed by atoms with Gasteiger partial charge in [0.05, 0.1) is 11.8 Å². The Morgan fingerprint density at radius 3 is 2.57 bits per heavy atom. The van der Waals surface area contributed by atoms with E-state index in [4.69, 9.17) is 9.41 Å². The Hall–Kier alpha value is -2.82. The van der Waals surface area contributed by atoms with E-state index in [0.717, 1.165) is 5.56 Å². The van der Waals surface area contributed by atoms with Crippen molar-refractivity contribution in [1.82, 2.24) is 4.90 Å². The van der Waals surface area contributed by atoms with Crippen LogP contribution in [-0.2, 0) is 4.79 Å². The molecule has 0 radical (unpaired) electrons. The van der Waals surface area contributed by atoms with Crippen molar-refractivity contribution in [3.8, 4) is 0 Å². The number of allylic oxidation sites excluding steroid dienone is 1. The van der Waals surface area contributed by atoms with Crippen LogP contribution < -0.4 is 0 Å². The molecule has 0 amide bonds. The lowest BCUT2D eigenvalue weighted by Crippen LogP contribution is -2.36. The molecule has 1 unspecified atom stereocenters. The third-order valence-electron chi connectivity index (χ3n) is 3.98. The maximum Gasteiger partial charge on any atom is 0.335 e. The number of benzene rings is 1. The van der Waals surface area contributed by atoms with Crippen LogP contribution in [0.25, 0.3) is 0 Å². The Labute approximate surface area is 134 Å². The van der Waals surface area contributed by atoms with E-state index in [0.29, 0.717) is 29.4 Å². The highest BCUT2D eigenvalue weighted by Gasteiger charge is 2.33. The maximum absolute atomic E-state index is 11.8. The number of furan rings is 1. The summed E-state index contributed by atoms with van der Waals surface area (Å²) >= 11 is 0. The molecule has 5 nitrogen and oxygen atoms in total. The second-order valence-electron chi connectivity index (χ2n) is 5.29. The third kappa shape index (κ3) is 2.65. The van der Waals surface area contributed by atoms with Crippen LogP contribution in [0.1, 0.15) is 31.2 Å². The second-order valence-corrected chi connectivity index (χ2v) is 5.29. The van der Waals surface area contributed by atoms with E-state index in [1.54, 1.807) is 12.3 Å². The molecule has 1 aliphatic rings. The molecule has 3 rings (SSSR count). The van der Waals surface area contributed by atoms with E-state index >= 15 is 0 Å². The number of rotatable bonds is 4. The van der Waals surface area contributed by atoms with Gasteiger partial charge in [0.2, 0.25) is 0 Å². The number of nitrogens with zero attached hydrogens (tertiary/aromatic N) is 2. The lowest BCUT2D eigenvalue weighted by atomic mass is 9.95. The molecule has 23 heavy (non-hydrogen) atoms. The second kappa shape index (κ2) is 6.12. The minimum atomic E-state index is -0.947. The molecule has 0 spiro atoms. The summed E-state index contributed by atoms with van der Waals surface area (Å²) in [6.07, 6.45) is 1.59. The van der Waals surface area contributed by atoms with E-state index in [2.05, 4.69) is 0 Å². The van der Waals surface area contributed by atoms with Crippen LogP contribution in [0.4, 0.5) is 0 Å². The largest absolute Gasteiger partial charge is 0.478 e. The molecule has 1 N–H and O–H groups in total. The molecule has 1 aromatic heterocycles. The van der Waals surface area contributed by atoms with Crippen molar-refractivity contribution in [2.24, 2.45) is 4.99 Å². The molecule has 1 atom stereocenters. The quantitative estimate of drug-likeness (QED) is 0.939. The maximum atomic E-state index is 11.8. The number of carboxylic acid groups (broad SMARTS) is 1. The Bertz CT molecular complexity index is 761. The molecule has 0 fully saturated rings. The lowest BCUT2D eigenvalue weighted by molar-refractivity contribution is -0.133. The first-order chi connectivity index (χ1) is 11.1.